The van der Waals surface area contributed by atoms with E-state index < -0.39 is 10.0 Å². The molecule has 0 unspecified atom stereocenters. The predicted octanol–water partition coefficient (Wildman–Crippen LogP) is 0.0199. The molecule has 5 heteroatoms. The van der Waals surface area contributed by atoms with E-state index in [4.69, 9.17) is 0 Å². The SMILES string of the molecule is CCCS(=O)(=O)N1CC[C@H]2CNC[C@H]21. The second-order valence-electron chi connectivity index (χ2n) is 4.20. The van der Waals surface area contributed by atoms with Gasteiger partial charge in [-0.05, 0) is 25.3 Å². The van der Waals surface area contributed by atoms with Crippen molar-refractivity contribution in [1.82, 2.24) is 9.62 Å². The van der Waals surface area contributed by atoms with Crippen molar-refractivity contribution in [2.24, 2.45) is 5.92 Å². The van der Waals surface area contributed by atoms with Crippen molar-refractivity contribution in [3.63, 3.8) is 0 Å². The van der Waals surface area contributed by atoms with Gasteiger partial charge in [0.05, 0.1) is 5.75 Å². The van der Waals surface area contributed by atoms with Gasteiger partial charge in [0.1, 0.15) is 0 Å². The molecule has 82 valence electrons. The third-order valence-electron chi connectivity index (χ3n) is 3.21. The summed E-state index contributed by atoms with van der Waals surface area (Å²) in [5, 5.41) is 3.26. The summed E-state index contributed by atoms with van der Waals surface area (Å²) >= 11 is 0. The van der Waals surface area contributed by atoms with Gasteiger partial charge in [-0.15, -0.1) is 0 Å². The van der Waals surface area contributed by atoms with Gasteiger partial charge in [-0.3, -0.25) is 0 Å². The summed E-state index contributed by atoms with van der Waals surface area (Å²) in [5.41, 5.74) is 0. The quantitative estimate of drug-likeness (QED) is 0.726. The third kappa shape index (κ3) is 1.68. The van der Waals surface area contributed by atoms with Gasteiger partial charge in [-0.2, -0.15) is 4.31 Å². The van der Waals surface area contributed by atoms with Crippen molar-refractivity contribution in [1.29, 1.82) is 0 Å². The zero-order valence-electron chi connectivity index (χ0n) is 8.57. The highest BCUT2D eigenvalue weighted by atomic mass is 32.2. The Hall–Kier alpha value is -0.130. The van der Waals surface area contributed by atoms with Crippen molar-refractivity contribution in [3.8, 4) is 0 Å². The molecule has 0 saturated carbocycles. The molecule has 2 fully saturated rings. The summed E-state index contributed by atoms with van der Waals surface area (Å²) in [4.78, 5) is 0. The first-order valence-corrected chi connectivity index (χ1v) is 6.96. The van der Waals surface area contributed by atoms with E-state index in [-0.39, 0.29) is 6.04 Å². The molecule has 0 amide bonds. The summed E-state index contributed by atoms with van der Waals surface area (Å²) in [5.74, 6) is 0.859. The Kier molecular flexibility index (Phi) is 2.81. The maximum absolute atomic E-state index is 11.9. The Bertz CT molecular complexity index is 302. The fourth-order valence-corrected chi connectivity index (χ4v) is 4.32. The molecule has 1 N–H and O–H groups in total. The van der Waals surface area contributed by atoms with Gasteiger partial charge in [0.15, 0.2) is 0 Å². The van der Waals surface area contributed by atoms with Crippen LogP contribution in [0.1, 0.15) is 19.8 Å². The third-order valence-corrected chi connectivity index (χ3v) is 5.31. The molecule has 2 atom stereocenters. The number of fused-ring (bicyclic) bond motifs is 1. The van der Waals surface area contributed by atoms with Crippen LogP contribution in [0.4, 0.5) is 0 Å². The van der Waals surface area contributed by atoms with Crippen molar-refractivity contribution in [2.75, 3.05) is 25.4 Å². The number of rotatable bonds is 3. The topological polar surface area (TPSA) is 49.4 Å². The van der Waals surface area contributed by atoms with Crippen LogP contribution in [0.15, 0.2) is 0 Å². The van der Waals surface area contributed by atoms with Crippen LogP contribution in [0, 0.1) is 5.92 Å². The van der Waals surface area contributed by atoms with Crippen LogP contribution in [0.2, 0.25) is 0 Å². The molecule has 2 aliphatic heterocycles. The van der Waals surface area contributed by atoms with Crippen molar-refractivity contribution >= 4 is 10.0 Å². The van der Waals surface area contributed by atoms with E-state index in [1.807, 2.05) is 6.92 Å². The molecular formula is C9H18N2O2S. The average molecular weight is 218 g/mol. The van der Waals surface area contributed by atoms with Gasteiger partial charge >= 0.3 is 0 Å². The van der Waals surface area contributed by atoms with Crippen LogP contribution in [0.5, 0.6) is 0 Å². The Morgan fingerprint density at radius 3 is 2.93 bits per heavy atom. The summed E-state index contributed by atoms with van der Waals surface area (Å²) < 4.78 is 25.5. The standard InChI is InChI=1S/C9H18N2O2S/c1-2-5-14(12,13)11-4-3-8-6-10-7-9(8)11/h8-10H,2-7H2,1H3/t8-,9+/m0/s1. The summed E-state index contributed by atoms with van der Waals surface area (Å²) in [6, 6.07) is 0.242. The molecule has 0 aromatic rings. The van der Waals surface area contributed by atoms with Crippen molar-refractivity contribution < 1.29 is 8.42 Å². The summed E-state index contributed by atoms with van der Waals surface area (Å²) in [6.45, 7) is 4.48. The normalized spacial score (nSPS) is 33.5. The second-order valence-corrected chi connectivity index (χ2v) is 6.24. The fraction of sp³-hybridized carbons (Fsp3) is 1.00. The van der Waals surface area contributed by atoms with Crippen LogP contribution < -0.4 is 5.32 Å². The van der Waals surface area contributed by atoms with Crippen molar-refractivity contribution in [3.05, 3.63) is 0 Å². The highest BCUT2D eigenvalue weighted by molar-refractivity contribution is 7.89. The van der Waals surface area contributed by atoms with Gasteiger partial charge in [0.25, 0.3) is 0 Å². The number of hydrogen-bond donors (Lipinski definition) is 1. The number of nitrogens with zero attached hydrogens (tertiary/aromatic N) is 1. The molecular weight excluding hydrogens is 200 g/mol. The molecule has 4 nitrogen and oxygen atoms in total. The van der Waals surface area contributed by atoms with Crippen LogP contribution in [0.3, 0.4) is 0 Å². The smallest absolute Gasteiger partial charge is 0.214 e. The first-order chi connectivity index (χ1) is 6.65. The molecule has 0 aromatic carbocycles. The zero-order chi connectivity index (χ0) is 10.2. The van der Waals surface area contributed by atoms with Crippen LogP contribution >= 0.6 is 0 Å². The van der Waals surface area contributed by atoms with Gasteiger partial charge in [-0.1, -0.05) is 6.92 Å². The number of hydrogen-bond acceptors (Lipinski definition) is 3. The predicted molar refractivity (Wildman–Crippen MR) is 55.5 cm³/mol. The van der Waals surface area contributed by atoms with E-state index >= 15 is 0 Å². The minimum absolute atomic E-state index is 0.242. The average Bonchev–Trinajstić information content (AvgIpc) is 2.60. The number of nitrogens with one attached hydrogen (secondary N) is 1. The maximum atomic E-state index is 11.9. The molecule has 0 aromatic heterocycles. The molecule has 14 heavy (non-hydrogen) atoms. The first-order valence-electron chi connectivity index (χ1n) is 5.35. The van der Waals surface area contributed by atoms with E-state index in [1.165, 1.54) is 0 Å². The second kappa shape index (κ2) is 3.79. The Morgan fingerprint density at radius 1 is 1.43 bits per heavy atom. The van der Waals surface area contributed by atoms with Crippen LogP contribution in [-0.4, -0.2) is 44.2 Å². The zero-order valence-corrected chi connectivity index (χ0v) is 9.39. The lowest BCUT2D eigenvalue weighted by atomic mass is 10.1. The fourth-order valence-electron chi connectivity index (χ4n) is 2.53. The number of sulfonamides is 1. The molecule has 2 heterocycles. The summed E-state index contributed by atoms with van der Waals surface area (Å²) in [6.07, 6.45) is 1.74. The van der Waals surface area contributed by atoms with Crippen LogP contribution in [0.25, 0.3) is 0 Å². The molecule has 0 bridgehead atoms. The van der Waals surface area contributed by atoms with Crippen LogP contribution in [-0.2, 0) is 10.0 Å². The molecule has 0 aliphatic carbocycles. The van der Waals surface area contributed by atoms with E-state index in [1.54, 1.807) is 4.31 Å². The first kappa shape index (κ1) is 10.4. The van der Waals surface area contributed by atoms with Gasteiger partial charge in [0.2, 0.25) is 10.0 Å². The van der Waals surface area contributed by atoms with E-state index in [9.17, 15) is 8.42 Å². The summed E-state index contributed by atoms with van der Waals surface area (Å²) in [7, 11) is -2.97. The highest BCUT2D eigenvalue weighted by Crippen LogP contribution is 2.29. The van der Waals surface area contributed by atoms with Gasteiger partial charge in [-0.25, -0.2) is 8.42 Å². The monoisotopic (exact) mass is 218 g/mol. The highest BCUT2D eigenvalue weighted by Gasteiger charge is 2.42. The molecule has 2 saturated heterocycles. The molecule has 0 radical (unpaired) electrons. The lowest BCUT2D eigenvalue weighted by Crippen LogP contribution is -2.40. The maximum Gasteiger partial charge on any atom is 0.214 e. The van der Waals surface area contributed by atoms with E-state index in [0.29, 0.717) is 18.1 Å². The van der Waals surface area contributed by atoms with E-state index in [0.717, 1.165) is 26.1 Å². The lowest BCUT2D eigenvalue weighted by Gasteiger charge is -2.22. The Labute approximate surface area is 85.7 Å². The van der Waals surface area contributed by atoms with Gasteiger partial charge in [0, 0.05) is 19.1 Å². The van der Waals surface area contributed by atoms with Crippen molar-refractivity contribution in [2.45, 2.75) is 25.8 Å². The van der Waals surface area contributed by atoms with Gasteiger partial charge < -0.3 is 5.32 Å². The van der Waals surface area contributed by atoms with E-state index in [2.05, 4.69) is 5.32 Å². The minimum Gasteiger partial charge on any atom is -0.315 e. The molecule has 2 rings (SSSR count). The minimum atomic E-state index is -2.97. The lowest BCUT2D eigenvalue weighted by molar-refractivity contribution is 0.382. The Balaban J connectivity index is 2.12. The Morgan fingerprint density at radius 2 is 2.21 bits per heavy atom. The molecule has 0 spiro atoms. The molecule has 2 aliphatic rings. The largest absolute Gasteiger partial charge is 0.315 e.